The average molecular weight is 217 g/mol. The van der Waals surface area contributed by atoms with Gasteiger partial charge in [-0.05, 0) is 6.08 Å². The highest BCUT2D eigenvalue weighted by molar-refractivity contribution is 7.92. The molecule has 2 aliphatic heterocycles. The molecule has 1 fully saturated rings. The molecule has 6 nitrogen and oxygen atoms in total. The second-order valence-electron chi connectivity index (χ2n) is 3.15. The summed E-state index contributed by atoms with van der Waals surface area (Å²) < 4.78 is 22.7. The normalized spacial score (nSPS) is 28.9. The van der Waals surface area contributed by atoms with E-state index in [1.54, 1.807) is 0 Å². The Bertz CT molecular complexity index is 449. The lowest BCUT2D eigenvalue weighted by atomic mass is 10.1. The molecule has 0 saturated carbocycles. The quantitative estimate of drug-likeness (QED) is 0.565. The lowest BCUT2D eigenvalue weighted by Gasteiger charge is -2.41. The van der Waals surface area contributed by atoms with Crippen LogP contribution in [-0.2, 0) is 19.4 Å². The zero-order valence-electron chi connectivity index (χ0n) is 7.00. The van der Waals surface area contributed by atoms with Gasteiger partial charge in [-0.15, -0.1) is 0 Å². The molecular formula is C7H7NO5S. The summed E-state index contributed by atoms with van der Waals surface area (Å²) in [6, 6.07) is 0. The first kappa shape index (κ1) is 9.20. The third-order valence-electron chi connectivity index (χ3n) is 2.31. The van der Waals surface area contributed by atoms with Crippen molar-refractivity contribution >= 4 is 21.7 Å². The van der Waals surface area contributed by atoms with Crippen molar-refractivity contribution in [3.63, 3.8) is 0 Å². The summed E-state index contributed by atoms with van der Waals surface area (Å²) in [7, 11) is -3.36. The van der Waals surface area contributed by atoms with E-state index in [2.05, 4.69) is 0 Å². The number of hydrogen-bond acceptors (Lipinski definition) is 4. The van der Waals surface area contributed by atoms with Crippen molar-refractivity contribution in [1.82, 2.24) is 4.90 Å². The van der Waals surface area contributed by atoms with Crippen LogP contribution in [0, 0.1) is 0 Å². The van der Waals surface area contributed by atoms with Gasteiger partial charge in [-0.25, -0.2) is 13.2 Å². The van der Waals surface area contributed by atoms with Crippen LogP contribution >= 0.6 is 0 Å². The zero-order valence-corrected chi connectivity index (χ0v) is 7.82. The molecule has 0 spiro atoms. The number of nitrogens with zero attached hydrogens (tertiary/aromatic N) is 1. The third-order valence-corrected chi connectivity index (χ3v) is 4.15. The molecule has 0 radical (unpaired) electrons. The van der Waals surface area contributed by atoms with Crippen LogP contribution in [0.15, 0.2) is 11.8 Å². The molecule has 1 N–H and O–H groups in total. The van der Waals surface area contributed by atoms with Crippen molar-refractivity contribution in [2.24, 2.45) is 0 Å². The van der Waals surface area contributed by atoms with Crippen LogP contribution in [0.4, 0.5) is 0 Å². The maximum atomic E-state index is 11.3. The van der Waals surface area contributed by atoms with E-state index < -0.39 is 27.1 Å². The first-order valence-electron chi connectivity index (χ1n) is 3.90. The minimum absolute atomic E-state index is 0.104. The Balaban J connectivity index is 2.45. The number of carbonyl (C=O) groups excluding carboxylic acids is 1. The highest BCUT2D eigenvalue weighted by atomic mass is 32.2. The van der Waals surface area contributed by atoms with E-state index in [0.29, 0.717) is 0 Å². The fourth-order valence-electron chi connectivity index (χ4n) is 1.56. The Morgan fingerprint density at radius 2 is 2.21 bits per heavy atom. The smallest absolute Gasteiger partial charge is 0.352 e. The Kier molecular flexibility index (Phi) is 1.69. The molecule has 0 bridgehead atoms. The van der Waals surface area contributed by atoms with Crippen molar-refractivity contribution in [3.05, 3.63) is 11.8 Å². The summed E-state index contributed by atoms with van der Waals surface area (Å²) in [4.78, 5) is 22.5. The molecule has 0 aromatic carbocycles. The number of amides is 1. The minimum atomic E-state index is -3.36. The molecule has 0 aromatic rings. The van der Waals surface area contributed by atoms with E-state index >= 15 is 0 Å². The molecule has 0 aliphatic carbocycles. The van der Waals surface area contributed by atoms with Crippen molar-refractivity contribution in [1.29, 1.82) is 0 Å². The van der Waals surface area contributed by atoms with E-state index in [1.807, 2.05) is 0 Å². The van der Waals surface area contributed by atoms with Crippen LogP contribution in [0.1, 0.15) is 6.42 Å². The fraction of sp³-hybridized carbons (Fsp3) is 0.429. The van der Waals surface area contributed by atoms with Gasteiger partial charge in [0.05, 0.1) is 12.2 Å². The van der Waals surface area contributed by atoms with Gasteiger partial charge in [0, 0.05) is 0 Å². The number of rotatable bonds is 1. The largest absolute Gasteiger partial charge is 0.477 e. The fourth-order valence-corrected chi connectivity index (χ4v) is 3.12. The molecule has 0 aromatic heterocycles. The van der Waals surface area contributed by atoms with Gasteiger partial charge in [-0.1, -0.05) is 0 Å². The molecule has 2 aliphatic rings. The molecule has 7 heteroatoms. The molecule has 2 rings (SSSR count). The maximum absolute atomic E-state index is 11.3. The number of sulfone groups is 1. The molecule has 1 unspecified atom stereocenters. The lowest BCUT2D eigenvalue weighted by molar-refractivity contribution is -0.146. The van der Waals surface area contributed by atoms with Crippen molar-refractivity contribution in [3.8, 4) is 0 Å². The van der Waals surface area contributed by atoms with Gasteiger partial charge in [0.1, 0.15) is 11.1 Å². The van der Waals surface area contributed by atoms with Crippen LogP contribution in [0.5, 0.6) is 0 Å². The summed E-state index contributed by atoms with van der Waals surface area (Å²) in [5, 5.41) is 7.74. The highest BCUT2D eigenvalue weighted by Crippen LogP contribution is 2.32. The topological polar surface area (TPSA) is 91.7 Å². The lowest BCUT2D eigenvalue weighted by Crippen LogP contribution is -2.59. The van der Waals surface area contributed by atoms with Gasteiger partial charge in [0.2, 0.25) is 5.91 Å². The SMILES string of the molecule is O=C(O)C1=CCS(=O)(=O)C2CC(=O)N12. The highest BCUT2D eigenvalue weighted by Gasteiger charge is 2.50. The third kappa shape index (κ3) is 1.05. The Hall–Kier alpha value is -1.37. The second-order valence-corrected chi connectivity index (χ2v) is 5.35. The second kappa shape index (κ2) is 2.57. The van der Waals surface area contributed by atoms with Gasteiger partial charge in [-0.2, -0.15) is 0 Å². The predicted molar refractivity (Wildman–Crippen MR) is 44.8 cm³/mol. The Labute approximate surface area is 79.7 Å². The van der Waals surface area contributed by atoms with Crippen LogP contribution < -0.4 is 0 Å². The van der Waals surface area contributed by atoms with Crippen LogP contribution in [0.2, 0.25) is 0 Å². The predicted octanol–water partition coefficient (Wildman–Crippen LogP) is -1.06. The molecule has 76 valence electrons. The van der Waals surface area contributed by atoms with E-state index in [0.717, 1.165) is 11.0 Å². The number of carboxylic acids is 1. The van der Waals surface area contributed by atoms with E-state index in [9.17, 15) is 18.0 Å². The molecule has 14 heavy (non-hydrogen) atoms. The summed E-state index contributed by atoms with van der Waals surface area (Å²) in [5.41, 5.74) is -0.221. The maximum Gasteiger partial charge on any atom is 0.352 e. The number of carboxylic acid groups (broad SMARTS) is 1. The number of aliphatic carboxylic acids is 1. The molecule has 1 amide bonds. The molecular weight excluding hydrogens is 210 g/mol. The van der Waals surface area contributed by atoms with Crippen LogP contribution in [0.3, 0.4) is 0 Å². The Morgan fingerprint density at radius 3 is 2.71 bits per heavy atom. The van der Waals surface area contributed by atoms with E-state index in [1.165, 1.54) is 0 Å². The molecule has 1 saturated heterocycles. The summed E-state index contributed by atoms with van der Waals surface area (Å²) in [5.74, 6) is -2.02. The Morgan fingerprint density at radius 1 is 1.57 bits per heavy atom. The first-order chi connectivity index (χ1) is 6.43. The minimum Gasteiger partial charge on any atom is -0.477 e. The summed E-state index contributed by atoms with van der Waals surface area (Å²) >= 11 is 0. The average Bonchev–Trinajstić information content (AvgIpc) is 2.05. The summed E-state index contributed by atoms with van der Waals surface area (Å²) in [6.07, 6.45) is 0.957. The van der Waals surface area contributed by atoms with Gasteiger partial charge < -0.3 is 5.11 Å². The number of hydrogen-bond donors (Lipinski definition) is 1. The van der Waals surface area contributed by atoms with Crippen molar-refractivity contribution in [2.45, 2.75) is 11.8 Å². The van der Waals surface area contributed by atoms with E-state index in [4.69, 9.17) is 5.11 Å². The zero-order chi connectivity index (χ0) is 10.5. The van der Waals surface area contributed by atoms with Crippen molar-refractivity contribution < 1.29 is 23.1 Å². The number of fused-ring (bicyclic) bond motifs is 1. The van der Waals surface area contributed by atoms with Crippen LogP contribution in [0.25, 0.3) is 0 Å². The molecule has 1 atom stereocenters. The molecule has 2 heterocycles. The van der Waals surface area contributed by atoms with Crippen molar-refractivity contribution in [2.75, 3.05) is 5.75 Å². The number of β-lactam (4-membered cyclic amide) rings is 1. The first-order valence-corrected chi connectivity index (χ1v) is 5.62. The van der Waals surface area contributed by atoms with Gasteiger partial charge >= 0.3 is 5.97 Å². The van der Waals surface area contributed by atoms with Crippen LogP contribution in [-0.4, -0.2) is 41.4 Å². The summed E-state index contributed by atoms with van der Waals surface area (Å²) in [6.45, 7) is 0. The monoisotopic (exact) mass is 217 g/mol. The van der Waals surface area contributed by atoms with Gasteiger partial charge in [0.25, 0.3) is 0 Å². The van der Waals surface area contributed by atoms with Gasteiger partial charge in [0.15, 0.2) is 9.84 Å². The van der Waals surface area contributed by atoms with E-state index in [-0.39, 0.29) is 17.9 Å². The number of carbonyl (C=O) groups is 2. The van der Waals surface area contributed by atoms with Gasteiger partial charge in [-0.3, -0.25) is 9.69 Å². The standard InChI is InChI=1S/C7H7NO5S/c9-5-3-6-8(5)4(7(10)11)1-2-14(6,12)13/h1,6H,2-3H2,(H,10,11).